The van der Waals surface area contributed by atoms with Gasteiger partial charge < -0.3 is 9.26 Å². The molecule has 1 heterocycles. The van der Waals surface area contributed by atoms with Crippen molar-refractivity contribution in [2.75, 3.05) is 0 Å². The van der Waals surface area contributed by atoms with E-state index in [9.17, 15) is 9.18 Å². The summed E-state index contributed by atoms with van der Waals surface area (Å²) in [5.74, 6) is -0.482. The lowest BCUT2D eigenvalue weighted by Gasteiger charge is -1.98. The Balaban J connectivity index is 1.59. The Morgan fingerprint density at radius 3 is 2.88 bits per heavy atom. The smallest absolute Gasteiger partial charge is 0.331 e. The molecule has 0 fully saturated rings. The summed E-state index contributed by atoms with van der Waals surface area (Å²) in [5, 5.41) is 3.84. The van der Waals surface area contributed by atoms with E-state index in [-0.39, 0.29) is 12.5 Å². The van der Waals surface area contributed by atoms with Gasteiger partial charge in [-0.3, -0.25) is 0 Å². The van der Waals surface area contributed by atoms with Crippen LogP contribution in [0, 0.1) is 5.82 Å². The number of rotatable bonds is 5. The van der Waals surface area contributed by atoms with Crippen molar-refractivity contribution in [2.45, 2.75) is 6.61 Å². The van der Waals surface area contributed by atoms with Gasteiger partial charge in [0.2, 0.25) is 5.82 Å². The van der Waals surface area contributed by atoms with Crippen molar-refractivity contribution in [3.8, 4) is 11.4 Å². The van der Waals surface area contributed by atoms with Gasteiger partial charge in [-0.1, -0.05) is 51.4 Å². The van der Waals surface area contributed by atoms with E-state index in [2.05, 4.69) is 26.1 Å². The largest absolute Gasteiger partial charge is 0.452 e. The van der Waals surface area contributed by atoms with E-state index in [1.165, 1.54) is 12.1 Å². The van der Waals surface area contributed by atoms with Crippen LogP contribution in [0.3, 0.4) is 0 Å². The highest BCUT2D eigenvalue weighted by atomic mass is 79.9. The maximum absolute atomic E-state index is 13.4. The molecule has 0 radical (unpaired) electrons. The SMILES string of the molecule is O=C(/C=C/c1ccccc1F)OCc1nc(-c2cccc(Br)c2)no1. The van der Waals surface area contributed by atoms with Gasteiger partial charge in [0.15, 0.2) is 6.61 Å². The van der Waals surface area contributed by atoms with Crippen molar-refractivity contribution in [1.29, 1.82) is 0 Å². The number of halogens is 2. The second kappa shape index (κ2) is 7.85. The van der Waals surface area contributed by atoms with Gasteiger partial charge in [0.25, 0.3) is 5.89 Å². The first-order chi connectivity index (χ1) is 12.1. The van der Waals surface area contributed by atoms with Crippen molar-refractivity contribution in [3.63, 3.8) is 0 Å². The second-order valence-electron chi connectivity index (χ2n) is 4.98. The molecule has 2 aromatic carbocycles. The quantitative estimate of drug-likeness (QED) is 0.467. The molecule has 1 aromatic heterocycles. The molecular formula is C18H12BrFN2O3. The Labute approximate surface area is 151 Å². The Morgan fingerprint density at radius 1 is 1.24 bits per heavy atom. The van der Waals surface area contributed by atoms with E-state index < -0.39 is 11.8 Å². The number of hydrogen-bond donors (Lipinski definition) is 0. The number of carbonyl (C=O) groups is 1. The van der Waals surface area contributed by atoms with Crippen LogP contribution >= 0.6 is 15.9 Å². The summed E-state index contributed by atoms with van der Waals surface area (Å²) >= 11 is 3.37. The van der Waals surface area contributed by atoms with Gasteiger partial charge >= 0.3 is 5.97 Å². The summed E-state index contributed by atoms with van der Waals surface area (Å²) in [6, 6.07) is 13.5. The van der Waals surface area contributed by atoms with E-state index in [1.807, 2.05) is 24.3 Å². The maximum Gasteiger partial charge on any atom is 0.331 e. The summed E-state index contributed by atoms with van der Waals surface area (Å²) in [6.45, 7) is -0.165. The fraction of sp³-hybridized carbons (Fsp3) is 0.0556. The molecule has 0 aliphatic carbocycles. The number of benzene rings is 2. The van der Waals surface area contributed by atoms with Crippen LogP contribution in [0.4, 0.5) is 4.39 Å². The topological polar surface area (TPSA) is 65.2 Å². The van der Waals surface area contributed by atoms with Crippen LogP contribution in [0.2, 0.25) is 0 Å². The standard InChI is InChI=1S/C18H12BrFN2O3/c19-14-6-3-5-13(10-14)18-21-16(25-22-18)11-24-17(23)9-8-12-4-1-2-7-15(12)20/h1-10H,11H2/b9-8+. The summed E-state index contributed by atoms with van der Waals surface area (Å²) in [7, 11) is 0. The molecule has 0 N–H and O–H groups in total. The van der Waals surface area contributed by atoms with Crippen LogP contribution in [0.15, 0.2) is 63.6 Å². The zero-order chi connectivity index (χ0) is 17.6. The van der Waals surface area contributed by atoms with Crippen molar-refractivity contribution < 1.29 is 18.4 Å². The molecule has 5 nitrogen and oxygen atoms in total. The van der Waals surface area contributed by atoms with Crippen molar-refractivity contribution in [1.82, 2.24) is 10.1 Å². The molecule has 7 heteroatoms. The van der Waals surface area contributed by atoms with E-state index in [0.29, 0.717) is 11.4 Å². The van der Waals surface area contributed by atoms with Gasteiger partial charge in [0.1, 0.15) is 5.82 Å². The Hall–Kier alpha value is -2.80. The molecule has 0 aliphatic heterocycles. The van der Waals surface area contributed by atoms with Gasteiger partial charge in [0, 0.05) is 21.7 Å². The number of esters is 1. The molecular weight excluding hydrogens is 391 g/mol. The number of aromatic nitrogens is 2. The van der Waals surface area contributed by atoms with Crippen LogP contribution < -0.4 is 0 Å². The van der Waals surface area contributed by atoms with Crippen LogP contribution in [-0.4, -0.2) is 16.1 Å². The normalized spacial score (nSPS) is 11.0. The second-order valence-corrected chi connectivity index (χ2v) is 5.90. The highest BCUT2D eigenvalue weighted by Crippen LogP contribution is 2.20. The van der Waals surface area contributed by atoms with Gasteiger partial charge in [0.05, 0.1) is 0 Å². The van der Waals surface area contributed by atoms with Crippen molar-refractivity contribution in [3.05, 3.63) is 76.4 Å². The van der Waals surface area contributed by atoms with E-state index in [1.54, 1.807) is 18.2 Å². The average Bonchev–Trinajstić information content (AvgIpc) is 3.08. The average molecular weight is 403 g/mol. The third kappa shape index (κ3) is 4.60. The van der Waals surface area contributed by atoms with Crippen molar-refractivity contribution >= 4 is 28.0 Å². The first-order valence-corrected chi connectivity index (χ1v) is 8.09. The fourth-order valence-corrected chi connectivity index (χ4v) is 2.41. The van der Waals surface area contributed by atoms with E-state index in [0.717, 1.165) is 16.1 Å². The lowest BCUT2D eigenvalue weighted by Crippen LogP contribution is -2.01. The highest BCUT2D eigenvalue weighted by molar-refractivity contribution is 9.10. The van der Waals surface area contributed by atoms with Gasteiger partial charge in [-0.25, -0.2) is 9.18 Å². The Morgan fingerprint density at radius 2 is 2.08 bits per heavy atom. The summed E-state index contributed by atoms with van der Waals surface area (Å²) in [6.07, 6.45) is 2.49. The van der Waals surface area contributed by atoms with Crippen LogP contribution in [-0.2, 0) is 16.1 Å². The maximum atomic E-state index is 13.4. The van der Waals surface area contributed by atoms with Crippen LogP contribution in [0.25, 0.3) is 17.5 Å². The predicted octanol–water partition coefficient (Wildman–Crippen LogP) is 4.39. The fourth-order valence-electron chi connectivity index (χ4n) is 2.01. The number of hydrogen-bond acceptors (Lipinski definition) is 5. The molecule has 0 atom stereocenters. The molecule has 3 aromatic rings. The minimum absolute atomic E-state index is 0.165. The minimum atomic E-state index is -0.634. The first kappa shape index (κ1) is 17.0. The van der Waals surface area contributed by atoms with E-state index in [4.69, 9.17) is 9.26 Å². The van der Waals surface area contributed by atoms with E-state index >= 15 is 0 Å². The molecule has 3 rings (SSSR count). The molecule has 0 bridgehead atoms. The molecule has 0 aliphatic rings. The lowest BCUT2D eigenvalue weighted by molar-refractivity contribution is -0.139. The lowest BCUT2D eigenvalue weighted by atomic mass is 10.2. The van der Waals surface area contributed by atoms with Gasteiger partial charge in [-0.2, -0.15) is 4.98 Å². The van der Waals surface area contributed by atoms with Crippen molar-refractivity contribution in [2.24, 2.45) is 0 Å². The van der Waals surface area contributed by atoms with Crippen LogP contribution in [0.1, 0.15) is 11.5 Å². The third-order valence-electron chi connectivity index (χ3n) is 3.19. The zero-order valence-electron chi connectivity index (χ0n) is 12.9. The molecule has 126 valence electrons. The Bertz CT molecular complexity index is 924. The number of nitrogens with zero attached hydrogens (tertiary/aromatic N) is 2. The highest BCUT2D eigenvalue weighted by Gasteiger charge is 2.10. The molecule has 0 unspecified atom stereocenters. The molecule has 25 heavy (non-hydrogen) atoms. The zero-order valence-corrected chi connectivity index (χ0v) is 14.4. The summed E-state index contributed by atoms with van der Waals surface area (Å²) < 4.78 is 24.4. The third-order valence-corrected chi connectivity index (χ3v) is 3.69. The number of ether oxygens (including phenoxy) is 1. The van der Waals surface area contributed by atoms with Crippen LogP contribution in [0.5, 0.6) is 0 Å². The van der Waals surface area contributed by atoms with Gasteiger partial charge in [-0.05, 0) is 24.3 Å². The molecule has 0 saturated carbocycles. The molecule has 0 spiro atoms. The molecule has 0 saturated heterocycles. The molecule has 0 amide bonds. The predicted molar refractivity (Wildman–Crippen MR) is 92.7 cm³/mol. The summed E-state index contributed by atoms with van der Waals surface area (Å²) in [5.41, 5.74) is 1.07. The first-order valence-electron chi connectivity index (χ1n) is 7.30. The number of carbonyl (C=O) groups excluding carboxylic acids is 1. The van der Waals surface area contributed by atoms with Gasteiger partial charge in [-0.15, -0.1) is 0 Å². The summed E-state index contributed by atoms with van der Waals surface area (Å²) in [4.78, 5) is 15.9. The minimum Gasteiger partial charge on any atom is -0.452 e. The Kier molecular flexibility index (Phi) is 5.35. The monoisotopic (exact) mass is 402 g/mol.